The van der Waals surface area contributed by atoms with Crippen LogP contribution in [0.4, 0.5) is 11.4 Å². The van der Waals surface area contributed by atoms with Crippen molar-refractivity contribution in [1.29, 1.82) is 0 Å². The van der Waals surface area contributed by atoms with Crippen molar-refractivity contribution in [3.05, 3.63) is 54.1 Å². The van der Waals surface area contributed by atoms with Gasteiger partial charge in [-0.15, -0.1) is 0 Å². The molecule has 2 amide bonds. The molecular formula is C20H20N2O5. The molecule has 0 fully saturated rings. The highest BCUT2D eigenvalue weighted by Gasteiger charge is 2.26. The minimum absolute atomic E-state index is 0.100. The maximum absolute atomic E-state index is 12.4. The molecule has 1 aliphatic rings. The molecule has 7 nitrogen and oxygen atoms in total. The van der Waals surface area contributed by atoms with Crippen LogP contribution in [0.2, 0.25) is 0 Å². The molecule has 0 bridgehead atoms. The Hall–Kier alpha value is -3.35. The maximum Gasteiger partial charge on any atom is 0.338 e. The molecule has 0 radical (unpaired) electrons. The fourth-order valence-corrected chi connectivity index (χ4v) is 2.64. The van der Waals surface area contributed by atoms with E-state index in [-0.39, 0.29) is 31.1 Å². The van der Waals surface area contributed by atoms with Crippen LogP contribution in [-0.2, 0) is 14.3 Å². The number of ether oxygens (including phenoxy) is 2. The van der Waals surface area contributed by atoms with Gasteiger partial charge in [0.1, 0.15) is 12.3 Å². The monoisotopic (exact) mass is 368 g/mol. The Morgan fingerprint density at radius 3 is 2.56 bits per heavy atom. The number of anilines is 2. The number of esters is 1. The van der Waals surface area contributed by atoms with E-state index in [9.17, 15) is 14.4 Å². The summed E-state index contributed by atoms with van der Waals surface area (Å²) in [6.07, 6.45) is -0.203. The van der Waals surface area contributed by atoms with E-state index in [1.165, 1.54) is 4.90 Å². The lowest BCUT2D eigenvalue weighted by Gasteiger charge is -2.28. The van der Waals surface area contributed by atoms with E-state index in [0.717, 1.165) is 0 Å². The molecular weight excluding hydrogens is 348 g/mol. The molecule has 0 atom stereocenters. The molecule has 7 heteroatoms. The molecule has 0 unspecified atom stereocenters. The van der Waals surface area contributed by atoms with Gasteiger partial charge in [0.05, 0.1) is 17.4 Å². The van der Waals surface area contributed by atoms with E-state index in [2.05, 4.69) is 5.32 Å². The fraction of sp³-hybridized carbons (Fsp3) is 0.250. The summed E-state index contributed by atoms with van der Waals surface area (Å²) in [5.41, 5.74) is 1.49. The van der Waals surface area contributed by atoms with E-state index >= 15 is 0 Å². The minimum Gasteiger partial charge on any atom is -0.482 e. The van der Waals surface area contributed by atoms with Crippen molar-refractivity contribution in [2.75, 3.05) is 23.4 Å². The normalized spacial score (nSPS) is 13.0. The molecule has 1 N–H and O–H groups in total. The van der Waals surface area contributed by atoms with Gasteiger partial charge in [0, 0.05) is 5.69 Å². The van der Waals surface area contributed by atoms with Gasteiger partial charge in [-0.3, -0.25) is 14.5 Å². The number of fused-ring (bicyclic) bond motifs is 1. The van der Waals surface area contributed by atoms with E-state index < -0.39 is 5.97 Å². The molecule has 1 heterocycles. The third kappa shape index (κ3) is 4.44. The summed E-state index contributed by atoms with van der Waals surface area (Å²) in [6, 6.07) is 13.5. The lowest BCUT2D eigenvalue weighted by molar-refractivity contribution is -0.123. The smallest absolute Gasteiger partial charge is 0.338 e. The molecule has 0 spiro atoms. The maximum atomic E-state index is 12.4. The second-order valence-corrected chi connectivity index (χ2v) is 6.32. The summed E-state index contributed by atoms with van der Waals surface area (Å²) >= 11 is 0. The van der Waals surface area contributed by atoms with Crippen molar-refractivity contribution in [1.82, 2.24) is 0 Å². The van der Waals surface area contributed by atoms with Gasteiger partial charge in [0.2, 0.25) is 5.91 Å². The first-order chi connectivity index (χ1) is 12.9. The Labute approximate surface area is 156 Å². The van der Waals surface area contributed by atoms with Crippen molar-refractivity contribution in [3.63, 3.8) is 0 Å². The zero-order chi connectivity index (χ0) is 19.4. The van der Waals surface area contributed by atoms with Gasteiger partial charge in [-0.2, -0.15) is 0 Å². The highest BCUT2D eigenvalue weighted by atomic mass is 16.5. The zero-order valence-corrected chi connectivity index (χ0v) is 15.1. The van der Waals surface area contributed by atoms with Gasteiger partial charge in [0.25, 0.3) is 5.91 Å². The van der Waals surface area contributed by atoms with Gasteiger partial charge in [-0.25, -0.2) is 4.79 Å². The number of para-hydroxylation sites is 2. The average molecular weight is 368 g/mol. The fourth-order valence-electron chi connectivity index (χ4n) is 2.64. The van der Waals surface area contributed by atoms with Crippen molar-refractivity contribution < 1.29 is 23.9 Å². The summed E-state index contributed by atoms with van der Waals surface area (Å²) in [5, 5.41) is 2.72. The number of nitrogens with zero attached hydrogens (tertiary/aromatic N) is 1. The summed E-state index contributed by atoms with van der Waals surface area (Å²) in [6.45, 7) is 3.32. The summed E-state index contributed by atoms with van der Waals surface area (Å²) in [4.78, 5) is 37.7. The molecule has 1 aliphatic heterocycles. The van der Waals surface area contributed by atoms with Crippen LogP contribution in [0.3, 0.4) is 0 Å². The second-order valence-electron chi connectivity index (χ2n) is 6.32. The van der Waals surface area contributed by atoms with Crippen LogP contribution in [-0.4, -0.2) is 37.0 Å². The Morgan fingerprint density at radius 1 is 1.15 bits per heavy atom. The van der Waals surface area contributed by atoms with Crippen molar-refractivity contribution in [2.45, 2.75) is 20.0 Å². The third-order valence-electron chi connectivity index (χ3n) is 3.86. The Kier molecular flexibility index (Phi) is 5.40. The minimum atomic E-state index is -0.418. The van der Waals surface area contributed by atoms with Crippen molar-refractivity contribution >= 4 is 29.2 Å². The van der Waals surface area contributed by atoms with E-state index in [0.29, 0.717) is 22.7 Å². The van der Waals surface area contributed by atoms with E-state index in [1.807, 2.05) is 0 Å². The average Bonchev–Trinajstić information content (AvgIpc) is 2.64. The third-order valence-corrected chi connectivity index (χ3v) is 3.86. The molecule has 27 heavy (non-hydrogen) atoms. The predicted molar refractivity (Wildman–Crippen MR) is 99.9 cm³/mol. The predicted octanol–water partition coefficient (Wildman–Crippen LogP) is 2.62. The summed E-state index contributed by atoms with van der Waals surface area (Å²) < 4.78 is 10.5. The Bertz CT molecular complexity index is 861. The lowest BCUT2D eigenvalue weighted by Crippen LogP contribution is -2.43. The molecule has 2 aromatic rings. The number of amides is 2. The van der Waals surface area contributed by atoms with Gasteiger partial charge in [0.15, 0.2) is 6.61 Å². The van der Waals surface area contributed by atoms with Gasteiger partial charge >= 0.3 is 5.97 Å². The number of carbonyl (C=O) groups excluding carboxylic acids is 3. The first kappa shape index (κ1) is 18.4. The zero-order valence-electron chi connectivity index (χ0n) is 15.1. The second kappa shape index (κ2) is 7.90. The molecule has 3 rings (SSSR count). The van der Waals surface area contributed by atoms with Gasteiger partial charge in [-0.1, -0.05) is 12.1 Å². The van der Waals surface area contributed by atoms with Crippen LogP contribution in [0.15, 0.2) is 48.5 Å². The van der Waals surface area contributed by atoms with Gasteiger partial charge < -0.3 is 14.8 Å². The van der Waals surface area contributed by atoms with E-state index in [4.69, 9.17) is 9.47 Å². The van der Waals surface area contributed by atoms with Crippen LogP contribution in [0.1, 0.15) is 24.2 Å². The van der Waals surface area contributed by atoms with Crippen molar-refractivity contribution in [2.24, 2.45) is 0 Å². The van der Waals surface area contributed by atoms with Crippen LogP contribution >= 0.6 is 0 Å². The highest BCUT2D eigenvalue weighted by molar-refractivity contribution is 6.05. The SMILES string of the molecule is CC(C)OC(=O)c1ccc(NC(=O)CN2C(=O)COc3ccccc32)cc1. The standard InChI is InChI=1S/C20H20N2O5/c1-13(2)27-20(25)14-7-9-15(10-8-14)21-18(23)11-22-16-5-3-4-6-17(16)26-12-19(22)24/h3-10,13H,11-12H2,1-2H3,(H,21,23). The topological polar surface area (TPSA) is 84.9 Å². The quantitative estimate of drug-likeness (QED) is 0.820. The molecule has 0 saturated heterocycles. The first-order valence-electron chi connectivity index (χ1n) is 8.57. The number of hydrogen-bond acceptors (Lipinski definition) is 5. The summed E-state index contributed by atoms with van der Waals surface area (Å²) in [5.74, 6) is -0.482. The first-order valence-corrected chi connectivity index (χ1v) is 8.57. The van der Waals surface area contributed by atoms with E-state index in [1.54, 1.807) is 62.4 Å². The Morgan fingerprint density at radius 2 is 1.85 bits per heavy atom. The molecule has 2 aromatic carbocycles. The lowest BCUT2D eigenvalue weighted by atomic mass is 10.2. The Balaban J connectivity index is 1.64. The van der Waals surface area contributed by atoms with Crippen LogP contribution in [0.5, 0.6) is 5.75 Å². The number of benzene rings is 2. The highest BCUT2D eigenvalue weighted by Crippen LogP contribution is 2.31. The molecule has 140 valence electrons. The molecule has 0 saturated carbocycles. The molecule has 0 aliphatic carbocycles. The largest absolute Gasteiger partial charge is 0.482 e. The number of hydrogen-bond donors (Lipinski definition) is 1. The summed E-state index contributed by atoms with van der Waals surface area (Å²) in [7, 11) is 0. The van der Waals surface area contributed by atoms with Crippen molar-refractivity contribution in [3.8, 4) is 5.75 Å². The number of nitrogens with one attached hydrogen (secondary N) is 1. The van der Waals surface area contributed by atoms with Gasteiger partial charge in [-0.05, 0) is 50.2 Å². The van der Waals surface area contributed by atoms with Crippen LogP contribution in [0.25, 0.3) is 0 Å². The number of rotatable bonds is 5. The number of carbonyl (C=O) groups is 3. The van der Waals surface area contributed by atoms with Crippen LogP contribution < -0.4 is 15.0 Å². The van der Waals surface area contributed by atoms with Crippen LogP contribution in [0, 0.1) is 0 Å². The molecule has 0 aromatic heterocycles.